The van der Waals surface area contributed by atoms with Crippen LogP contribution in [0.25, 0.3) is 10.2 Å². The number of anilines is 1. The molecule has 0 radical (unpaired) electrons. The predicted octanol–water partition coefficient (Wildman–Crippen LogP) is 1.83. The summed E-state index contributed by atoms with van der Waals surface area (Å²) in [6.07, 6.45) is 2.04. The number of carbonyl (C=O) groups is 1. The number of rotatable bonds is 4. The second-order valence-corrected chi connectivity index (χ2v) is 10.0. The van der Waals surface area contributed by atoms with Crippen LogP contribution in [0.2, 0.25) is 6.82 Å². The maximum atomic E-state index is 13.8. The van der Waals surface area contributed by atoms with E-state index in [-0.39, 0.29) is 24.8 Å². The lowest BCUT2D eigenvalue weighted by Gasteiger charge is -2.61. The Morgan fingerprint density at radius 1 is 1.29 bits per heavy atom. The van der Waals surface area contributed by atoms with Crippen molar-refractivity contribution in [1.82, 2.24) is 19.7 Å². The second kappa shape index (κ2) is 7.82. The molecule has 3 fully saturated rings. The van der Waals surface area contributed by atoms with Crippen LogP contribution < -0.4 is 4.90 Å². The van der Waals surface area contributed by atoms with Crippen LogP contribution in [0.1, 0.15) is 18.2 Å². The summed E-state index contributed by atoms with van der Waals surface area (Å²) >= 11 is 1.69. The molecule has 0 aliphatic carbocycles. The lowest BCUT2D eigenvalue weighted by Crippen LogP contribution is -2.74. The first-order valence-corrected chi connectivity index (χ1v) is 11.1. The van der Waals surface area contributed by atoms with Crippen molar-refractivity contribution < 1.29 is 18.6 Å². The van der Waals surface area contributed by atoms with Crippen LogP contribution in [0, 0.1) is 5.41 Å². The van der Waals surface area contributed by atoms with Crippen LogP contribution in [0.5, 0.6) is 0 Å². The summed E-state index contributed by atoms with van der Waals surface area (Å²) in [5, 5.41) is 10.9. The van der Waals surface area contributed by atoms with Gasteiger partial charge in [-0.15, -0.1) is 11.3 Å². The van der Waals surface area contributed by atoms with Crippen LogP contribution >= 0.6 is 24.8 Å². The lowest BCUT2D eigenvalue weighted by atomic mass is 9.72. The molecule has 1 atom stereocenters. The van der Waals surface area contributed by atoms with Gasteiger partial charge in [0.1, 0.15) is 17.0 Å². The fourth-order valence-corrected chi connectivity index (χ4v) is 5.96. The number of halogens is 2. The molecule has 0 aromatic carbocycles. The van der Waals surface area contributed by atoms with Crippen molar-refractivity contribution in [2.75, 3.05) is 37.6 Å². The number of hydrogen-bond donors (Lipinski definition) is 1. The summed E-state index contributed by atoms with van der Waals surface area (Å²) in [6, 6.07) is 1.20. The number of nitrogens with zero attached hydrogens (tertiary/aromatic N) is 5. The second-order valence-electron chi connectivity index (χ2n) is 8.91. The molecule has 1 amide bonds. The molecule has 12 heteroatoms. The predicted molar refractivity (Wildman–Crippen MR) is 122 cm³/mol. The molecule has 0 saturated carbocycles. The number of fused-ring (bicyclic) bond motifs is 1. The van der Waals surface area contributed by atoms with Crippen molar-refractivity contribution in [3.8, 4) is 0 Å². The summed E-state index contributed by atoms with van der Waals surface area (Å²) in [5.41, 5.74) is 0.00727. The van der Waals surface area contributed by atoms with Crippen molar-refractivity contribution in [2.24, 2.45) is 5.41 Å². The summed E-state index contributed by atoms with van der Waals surface area (Å²) in [7, 11) is -1.07. The largest absolute Gasteiger partial charge is 0.437 e. The van der Waals surface area contributed by atoms with Gasteiger partial charge in [0, 0.05) is 42.9 Å². The Balaban J connectivity index is 0.00000231. The molecule has 3 saturated heterocycles. The molecule has 0 unspecified atom stereocenters. The first-order chi connectivity index (χ1) is 14.2. The number of thiophene rings is 1. The van der Waals surface area contributed by atoms with Crippen molar-refractivity contribution in [2.45, 2.75) is 38.6 Å². The zero-order chi connectivity index (χ0) is 21.3. The lowest BCUT2D eigenvalue weighted by molar-refractivity contribution is -0.149. The minimum Gasteiger partial charge on any atom is -0.437 e. The molecular formula is C19H26BF2N5O2S2. The Morgan fingerprint density at radius 2 is 2.00 bits per heavy atom. The highest BCUT2D eigenvalue weighted by atomic mass is 32.1. The monoisotopic (exact) mass is 469 g/mol. The van der Waals surface area contributed by atoms with E-state index in [2.05, 4.69) is 27.9 Å². The number of aromatic nitrogens is 2. The van der Waals surface area contributed by atoms with Gasteiger partial charge in [-0.1, -0.05) is 6.92 Å². The SMILES string of the molecule is CCc1cc2c(N3CC4(CN(C(=O)[C@@H]5CC(F)(F)CN5B(C)O)C4)C3)ncnc2s1.S. The van der Waals surface area contributed by atoms with Crippen LogP contribution in [-0.4, -0.2) is 82.3 Å². The fourth-order valence-electron chi connectivity index (χ4n) is 5.03. The van der Waals surface area contributed by atoms with Gasteiger partial charge in [0.2, 0.25) is 5.91 Å². The van der Waals surface area contributed by atoms with E-state index in [0.717, 1.165) is 35.5 Å². The molecule has 1 spiro atoms. The maximum absolute atomic E-state index is 13.8. The van der Waals surface area contributed by atoms with Crippen LogP contribution in [-0.2, 0) is 11.2 Å². The molecule has 168 valence electrons. The first-order valence-electron chi connectivity index (χ1n) is 10.3. The van der Waals surface area contributed by atoms with E-state index in [1.807, 2.05) is 0 Å². The third-order valence-corrected chi connectivity index (χ3v) is 7.68. The summed E-state index contributed by atoms with van der Waals surface area (Å²) in [6.45, 7) is 5.70. The number of likely N-dealkylation sites (tertiary alicyclic amines) is 1. The average molecular weight is 469 g/mol. The molecule has 2 aromatic heterocycles. The van der Waals surface area contributed by atoms with E-state index in [9.17, 15) is 18.6 Å². The minimum absolute atomic E-state index is 0. The Labute approximate surface area is 191 Å². The average Bonchev–Trinajstić information content (AvgIpc) is 3.19. The normalized spacial score (nSPS) is 24.1. The number of amides is 1. The topological polar surface area (TPSA) is 72.8 Å². The van der Waals surface area contributed by atoms with Gasteiger partial charge >= 0.3 is 7.05 Å². The van der Waals surface area contributed by atoms with E-state index in [0.29, 0.717) is 13.1 Å². The smallest absolute Gasteiger partial charge is 0.377 e. The molecule has 7 nitrogen and oxygen atoms in total. The van der Waals surface area contributed by atoms with Gasteiger partial charge in [-0.2, -0.15) is 13.5 Å². The van der Waals surface area contributed by atoms with E-state index in [1.165, 1.54) is 16.5 Å². The summed E-state index contributed by atoms with van der Waals surface area (Å²) < 4.78 is 27.7. The number of carbonyl (C=O) groups excluding carboxylic acids is 1. The molecule has 3 aliphatic rings. The van der Waals surface area contributed by atoms with Gasteiger partial charge in [-0.25, -0.2) is 18.7 Å². The minimum atomic E-state index is -2.94. The first kappa shape index (κ1) is 22.7. The van der Waals surface area contributed by atoms with Crippen molar-refractivity contribution >= 4 is 53.8 Å². The summed E-state index contributed by atoms with van der Waals surface area (Å²) in [5.74, 6) is -2.31. The van der Waals surface area contributed by atoms with Gasteiger partial charge < -0.3 is 19.6 Å². The molecule has 3 aliphatic heterocycles. The van der Waals surface area contributed by atoms with Gasteiger partial charge in [-0.05, 0) is 19.3 Å². The zero-order valence-corrected chi connectivity index (χ0v) is 19.3. The molecule has 5 heterocycles. The summed E-state index contributed by atoms with van der Waals surface area (Å²) in [4.78, 5) is 29.0. The standard InChI is InChI=1S/C19H24BF2N5O2S.H2S/c1-3-12-4-13-15(23-11-24-16(13)30-12)25-6-18(7-25)8-26(9-18)17(28)14-5-19(21,22)10-27(14)20(2)29;/h4,11,14,29H,3,5-10H2,1-2H3;1H2/t14-;/m0./s1. The van der Waals surface area contributed by atoms with E-state index in [4.69, 9.17) is 0 Å². The highest BCUT2D eigenvalue weighted by molar-refractivity contribution is 7.59. The van der Waals surface area contributed by atoms with E-state index < -0.39 is 32.0 Å². The van der Waals surface area contributed by atoms with Crippen LogP contribution in [0.15, 0.2) is 12.4 Å². The van der Waals surface area contributed by atoms with Gasteiger partial charge in [0.05, 0.1) is 18.0 Å². The van der Waals surface area contributed by atoms with Crippen LogP contribution in [0.3, 0.4) is 0 Å². The van der Waals surface area contributed by atoms with Gasteiger partial charge in [-0.3, -0.25) is 4.79 Å². The van der Waals surface area contributed by atoms with Crippen molar-refractivity contribution in [1.29, 1.82) is 0 Å². The maximum Gasteiger partial charge on any atom is 0.377 e. The Hall–Kier alpha value is -1.50. The quantitative estimate of drug-likeness (QED) is 0.690. The van der Waals surface area contributed by atoms with Crippen LogP contribution in [0.4, 0.5) is 14.6 Å². The molecule has 0 bridgehead atoms. The molecular weight excluding hydrogens is 443 g/mol. The Morgan fingerprint density at radius 3 is 2.65 bits per heavy atom. The number of hydrogen-bond acceptors (Lipinski definition) is 7. The fraction of sp³-hybridized carbons (Fsp3) is 0.632. The van der Waals surface area contributed by atoms with Gasteiger partial charge in [0.15, 0.2) is 0 Å². The third-order valence-electron chi connectivity index (χ3n) is 6.50. The van der Waals surface area contributed by atoms with Crippen molar-refractivity contribution in [3.63, 3.8) is 0 Å². The van der Waals surface area contributed by atoms with Crippen molar-refractivity contribution in [3.05, 3.63) is 17.3 Å². The number of alkyl halides is 2. The third kappa shape index (κ3) is 3.81. The molecule has 31 heavy (non-hydrogen) atoms. The Kier molecular flexibility index (Phi) is 5.73. The number of aryl methyl sites for hydroxylation is 1. The highest BCUT2D eigenvalue weighted by Crippen LogP contribution is 2.44. The highest BCUT2D eigenvalue weighted by Gasteiger charge is 2.57. The van der Waals surface area contributed by atoms with E-state index in [1.54, 1.807) is 22.6 Å². The van der Waals surface area contributed by atoms with Gasteiger partial charge in [0.25, 0.3) is 5.92 Å². The molecule has 1 N–H and O–H groups in total. The van der Waals surface area contributed by atoms with E-state index >= 15 is 0 Å². The Bertz CT molecular complexity index is 993. The zero-order valence-electron chi connectivity index (χ0n) is 17.5. The molecule has 5 rings (SSSR count). The molecule has 2 aromatic rings.